The summed E-state index contributed by atoms with van der Waals surface area (Å²) in [6.45, 7) is 0. The van der Waals surface area contributed by atoms with Gasteiger partial charge in [0, 0.05) is 15.7 Å². The number of aromatic nitrogens is 3. The summed E-state index contributed by atoms with van der Waals surface area (Å²) in [6.07, 6.45) is 1.39. The van der Waals surface area contributed by atoms with Gasteiger partial charge in [-0.25, -0.2) is 9.67 Å². The molecule has 0 atom stereocenters. The highest BCUT2D eigenvalue weighted by Gasteiger charge is 2.11. The third-order valence-electron chi connectivity index (χ3n) is 1.98. The van der Waals surface area contributed by atoms with Crippen LogP contribution in [0.3, 0.4) is 0 Å². The predicted molar refractivity (Wildman–Crippen MR) is 65.4 cm³/mol. The van der Waals surface area contributed by atoms with E-state index in [9.17, 15) is 10.1 Å². The van der Waals surface area contributed by atoms with Crippen molar-refractivity contribution in [3.05, 3.63) is 44.0 Å². The Morgan fingerprint density at radius 1 is 1.53 bits per heavy atom. The molecule has 0 bridgehead atoms. The van der Waals surface area contributed by atoms with Crippen LogP contribution in [0, 0.1) is 25.0 Å². The van der Waals surface area contributed by atoms with E-state index in [1.165, 1.54) is 23.1 Å². The van der Waals surface area contributed by atoms with Crippen molar-refractivity contribution in [3.63, 3.8) is 0 Å². The largest absolute Gasteiger partial charge is 0.270 e. The Morgan fingerprint density at radius 3 is 2.82 bits per heavy atom. The summed E-state index contributed by atoms with van der Waals surface area (Å²) in [5.41, 5.74) is 0.656. The van der Waals surface area contributed by atoms with Gasteiger partial charge in [0.15, 0.2) is 0 Å². The van der Waals surface area contributed by atoms with Gasteiger partial charge in [-0.2, -0.15) is 5.26 Å². The third-order valence-corrected chi connectivity index (χ3v) is 2.84. The van der Waals surface area contributed by atoms with E-state index >= 15 is 0 Å². The fraction of sp³-hybridized carbons (Fsp3) is 0. The predicted octanol–water partition coefficient (Wildman–Crippen LogP) is 1.65. The van der Waals surface area contributed by atoms with Crippen LogP contribution >= 0.6 is 22.6 Å². The number of hydrogen-bond donors (Lipinski definition) is 0. The normalized spacial score (nSPS) is 9.88. The highest BCUT2D eigenvalue weighted by atomic mass is 127. The zero-order chi connectivity index (χ0) is 12.4. The van der Waals surface area contributed by atoms with E-state index in [4.69, 9.17) is 5.26 Å². The molecule has 84 valence electrons. The molecule has 0 fully saturated rings. The molecule has 17 heavy (non-hydrogen) atoms. The van der Waals surface area contributed by atoms with Gasteiger partial charge in [-0.15, -0.1) is 5.10 Å². The lowest BCUT2D eigenvalue weighted by molar-refractivity contribution is -0.384. The molecule has 0 saturated carbocycles. The first kappa shape index (κ1) is 11.5. The number of halogens is 1. The van der Waals surface area contributed by atoms with Crippen molar-refractivity contribution in [2.24, 2.45) is 0 Å². The van der Waals surface area contributed by atoms with Gasteiger partial charge in [0.25, 0.3) is 11.5 Å². The van der Waals surface area contributed by atoms with Crippen LogP contribution < -0.4 is 0 Å². The first-order valence-corrected chi connectivity index (χ1v) is 5.46. The number of nitriles is 1. The average molecular weight is 341 g/mol. The topological polar surface area (TPSA) is 97.6 Å². The van der Waals surface area contributed by atoms with Gasteiger partial charge in [-0.3, -0.25) is 10.1 Å². The summed E-state index contributed by atoms with van der Waals surface area (Å²) in [7, 11) is 0. The number of non-ortho nitro benzene ring substituents is 1. The second kappa shape index (κ2) is 4.46. The molecule has 0 amide bonds. The van der Waals surface area contributed by atoms with Crippen molar-refractivity contribution in [2.75, 3.05) is 0 Å². The first-order chi connectivity index (χ1) is 8.11. The molecule has 0 aliphatic rings. The van der Waals surface area contributed by atoms with E-state index in [0.717, 1.165) is 0 Å². The third kappa shape index (κ3) is 2.23. The molecule has 0 aliphatic carbocycles. The average Bonchev–Trinajstić information content (AvgIpc) is 2.77. The molecule has 2 rings (SSSR count). The Kier molecular flexibility index (Phi) is 3.01. The minimum Gasteiger partial charge on any atom is -0.258 e. The van der Waals surface area contributed by atoms with Crippen LogP contribution in [0.15, 0.2) is 24.5 Å². The highest BCUT2D eigenvalue weighted by Crippen LogP contribution is 2.22. The molecule has 0 unspecified atom stereocenters. The van der Waals surface area contributed by atoms with Crippen LogP contribution in [0.2, 0.25) is 0 Å². The standard InChI is InChI=1S/C9H4IN5O2/c10-7-3-6(15(16)17)1-2-8(7)14-5-12-9(4-11)13-14/h1-3,5H. The van der Waals surface area contributed by atoms with Crippen molar-refractivity contribution in [2.45, 2.75) is 0 Å². The van der Waals surface area contributed by atoms with Crippen LogP contribution in [0.5, 0.6) is 0 Å². The van der Waals surface area contributed by atoms with Gasteiger partial charge in [0.2, 0.25) is 0 Å². The van der Waals surface area contributed by atoms with Crippen molar-refractivity contribution in [3.8, 4) is 11.8 Å². The Morgan fingerprint density at radius 2 is 2.29 bits per heavy atom. The maximum atomic E-state index is 10.6. The summed E-state index contributed by atoms with van der Waals surface area (Å²) in [6, 6.07) is 6.19. The van der Waals surface area contributed by atoms with Crippen LogP contribution in [-0.4, -0.2) is 19.7 Å². The van der Waals surface area contributed by atoms with Gasteiger partial charge >= 0.3 is 0 Å². The fourth-order valence-electron chi connectivity index (χ4n) is 1.23. The lowest BCUT2D eigenvalue weighted by Gasteiger charge is -2.02. The Hall–Kier alpha value is -2.02. The van der Waals surface area contributed by atoms with Gasteiger partial charge in [0.1, 0.15) is 12.4 Å². The fourth-order valence-corrected chi connectivity index (χ4v) is 1.97. The molecule has 7 nitrogen and oxygen atoms in total. The second-order valence-corrected chi connectivity index (χ2v) is 4.18. The smallest absolute Gasteiger partial charge is 0.258 e. The zero-order valence-corrected chi connectivity index (χ0v) is 10.4. The Labute approximate surface area is 109 Å². The minimum atomic E-state index is -0.464. The van der Waals surface area contributed by atoms with Crippen molar-refractivity contribution < 1.29 is 4.92 Å². The molecular weight excluding hydrogens is 337 g/mol. The van der Waals surface area contributed by atoms with Crippen molar-refractivity contribution in [1.82, 2.24) is 14.8 Å². The number of benzene rings is 1. The van der Waals surface area contributed by atoms with Crippen LogP contribution in [-0.2, 0) is 0 Å². The van der Waals surface area contributed by atoms with E-state index in [2.05, 4.69) is 10.1 Å². The quantitative estimate of drug-likeness (QED) is 0.470. The molecule has 0 radical (unpaired) electrons. The molecule has 1 aromatic carbocycles. The summed E-state index contributed by atoms with van der Waals surface area (Å²) in [5.74, 6) is 0.0548. The molecule has 0 N–H and O–H groups in total. The minimum absolute atomic E-state index is 0.0128. The van der Waals surface area contributed by atoms with Gasteiger partial charge in [0.05, 0.1) is 10.6 Å². The number of nitrogens with zero attached hydrogens (tertiary/aromatic N) is 5. The van der Waals surface area contributed by atoms with E-state index in [-0.39, 0.29) is 11.5 Å². The lowest BCUT2D eigenvalue weighted by Crippen LogP contribution is -1.99. The van der Waals surface area contributed by atoms with Crippen LogP contribution in [0.4, 0.5) is 5.69 Å². The van der Waals surface area contributed by atoms with E-state index in [0.29, 0.717) is 9.26 Å². The van der Waals surface area contributed by atoms with E-state index in [1.807, 2.05) is 28.7 Å². The van der Waals surface area contributed by atoms with Crippen molar-refractivity contribution in [1.29, 1.82) is 5.26 Å². The number of nitro benzene ring substituents is 1. The molecule has 1 heterocycles. The summed E-state index contributed by atoms with van der Waals surface area (Å²) in [4.78, 5) is 13.9. The number of rotatable bonds is 2. The van der Waals surface area contributed by atoms with Crippen LogP contribution in [0.1, 0.15) is 5.82 Å². The molecular formula is C9H4IN5O2. The zero-order valence-electron chi connectivity index (χ0n) is 8.24. The monoisotopic (exact) mass is 341 g/mol. The van der Waals surface area contributed by atoms with Gasteiger partial charge in [-0.05, 0) is 28.7 Å². The Bertz CT molecular complexity index is 631. The SMILES string of the molecule is N#Cc1ncn(-c2ccc([N+](=O)[O-])cc2I)n1. The molecule has 0 spiro atoms. The molecule has 2 aromatic rings. The maximum absolute atomic E-state index is 10.6. The van der Waals surface area contributed by atoms with Gasteiger partial charge < -0.3 is 0 Å². The molecule has 1 aromatic heterocycles. The van der Waals surface area contributed by atoms with E-state index in [1.54, 1.807) is 6.07 Å². The number of nitro groups is 1. The summed E-state index contributed by atoms with van der Waals surface area (Å²) >= 11 is 1.97. The Balaban J connectivity index is 2.47. The summed E-state index contributed by atoms with van der Waals surface area (Å²) in [5, 5.41) is 23.1. The highest BCUT2D eigenvalue weighted by molar-refractivity contribution is 14.1. The number of hydrogen-bond acceptors (Lipinski definition) is 5. The van der Waals surface area contributed by atoms with Crippen molar-refractivity contribution >= 4 is 28.3 Å². The summed E-state index contributed by atoms with van der Waals surface area (Å²) < 4.78 is 2.07. The first-order valence-electron chi connectivity index (χ1n) is 4.38. The van der Waals surface area contributed by atoms with E-state index < -0.39 is 4.92 Å². The van der Waals surface area contributed by atoms with Crippen LogP contribution in [0.25, 0.3) is 5.69 Å². The van der Waals surface area contributed by atoms with Gasteiger partial charge in [-0.1, -0.05) is 0 Å². The lowest BCUT2D eigenvalue weighted by atomic mass is 10.3. The second-order valence-electron chi connectivity index (χ2n) is 3.02. The maximum Gasteiger partial charge on any atom is 0.270 e. The molecule has 0 aliphatic heterocycles. The molecule has 8 heteroatoms. The molecule has 0 saturated heterocycles.